The van der Waals surface area contributed by atoms with Crippen LogP contribution in [0.15, 0.2) is 42.5 Å². The molecule has 1 atom stereocenters. The minimum atomic E-state index is -0.140. The molecule has 4 heteroatoms. The number of halogens is 1. The highest BCUT2D eigenvalue weighted by Gasteiger charge is 2.16. The summed E-state index contributed by atoms with van der Waals surface area (Å²) in [5, 5.41) is 0.693. The first kappa shape index (κ1) is 13.9. The second-order valence-corrected chi connectivity index (χ2v) is 4.76. The van der Waals surface area contributed by atoms with E-state index < -0.39 is 0 Å². The molecule has 19 heavy (non-hydrogen) atoms. The summed E-state index contributed by atoms with van der Waals surface area (Å²) < 4.78 is 5.27. The van der Waals surface area contributed by atoms with Crippen LogP contribution >= 0.6 is 11.6 Å². The monoisotopic (exact) mass is 276 g/mol. The summed E-state index contributed by atoms with van der Waals surface area (Å²) in [6.45, 7) is 2.00. The number of nitrogens with one attached hydrogen (secondary N) is 1. The van der Waals surface area contributed by atoms with E-state index in [2.05, 4.69) is 5.43 Å². The van der Waals surface area contributed by atoms with Crippen LogP contribution in [-0.2, 0) is 0 Å². The molecule has 0 radical (unpaired) electrons. The van der Waals surface area contributed by atoms with Gasteiger partial charge in [-0.25, -0.2) is 5.43 Å². The molecule has 1 unspecified atom stereocenters. The highest BCUT2D eigenvalue weighted by Crippen LogP contribution is 2.30. The molecule has 3 nitrogen and oxygen atoms in total. The topological polar surface area (TPSA) is 47.3 Å². The number of rotatable bonds is 4. The van der Waals surface area contributed by atoms with Crippen molar-refractivity contribution in [3.8, 4) is 5.75 Å². The zero-order valence-corrected chi connectivity index (χ0v) is 11.7. The standard InChI is InChI=1S/C15H17ClN2O/c1-10-9-11(7-8-14(10)19-2)15(18-17)12-5-3-4-6-13(12)16/h3-9,15,18H,17H2,1-2H3. The number of hydrogen-bond acceptors (Lipinski definition) is 3. The molecular weight excluding hydrogens is 260 g/mol. The van der Waals surface area contributed by atoms with Gasteiger partial charge in [-0.15, -0.1) is 0 Å². The molecule has 0 heterocycles. The van der Waals surface area contributed by atoms with Crippen molar-refractivity contribution in [3.63, 3.8) is 0 Å². The molecule has 100 valence electrons. The van der Waals surface area contributed by atoms with Gasteiger partial charge >= 0.3 is 0 Å². The quantitative estimate of drug-likeness (QED) is 0.666. The molecule has 0 aliphatic carbocycles. The number of aryl methyl sites for hydroxylation is 1. The van der Waals surface area contributed by atoms with E-state index in [9.17, 15) is 0 Å². The second-order valence-electron chi connectivity index (χ2n) is 4.35. The van der Waals surface area contributed by atoms with Crippen molar-refractivity contribution < 1.29 is 4.74 Å². The van der Waals surface area contributed by atoms with Crippen LogP contribution in [0.5, 0.6) is 5.75 Å². The number of benzene rings is 2. The lowest BCUT2D eigenvalue weighted by molar-refractivity contribution is 0.411. The Morgan fingerprint density at radius 1 is 1.21 bits per heavy atom. The minimum Gasteiger partial charge on any atom is -0.496 e. The van der Waals surface area contributed by atoms with Gasteiger partial charge in [-0.1, -0.05) is 41.9 Å². The maximum absolute atomic E-state index is 6.23. The van der Waals surface area contributed by atoms with E-state index in [1.165, 1.54) is 0 Å². The number of methoxy groups -OCH3 is 1. The van der Waals surface area contributed by atoms with Gasteiger partial charge in [0.1, 0.15) is 5.75 Å². The predicted octanol–water partition coefficient (Wildman–Crippen LogP) is 3.21. The van der Waals surface area contributed by atoms with Crippen molar-refractivity contribution in [1.29, 1.82) is 0 Å². The number of nitrogens with two attached hydrogens (primary N) is 1. The third-order valence-corrected chi connectivity index (χ3v) is 3.48. The van der Waals surface area contributed by atoms with E-state index in [4.69, 9.17) is 22.2 Å². The van der Waals surface area contributed by atoms with Gasteiger partial charge in [0.15, 0.2) is 0 Å². The second kappa shape index (κ2) is 6.06. The van der Waals surface area contributed by atoms with Crippen LogP contribution in [0.4, 0.5) is 0 Å². The van der Waals surface area contributed by atoms with E-state index in [0.717, 1.165) is 22.4 Å². The van der Waals surface area contributed by atoms with Crippen molar-refractivity contribution in [2.75, 3.05) is 7.11 Å². The van der Waals surface area contributed by atoms with Gasteiger partial charge in [0.25, 0.3) is 0 Å². The number of hydrazine groups is 1. The van der Waals surface area contributed by atoms with Crippen LogP contribution in [-0.4, -0.2) is 7.11 Å². The molecule has 0 spiro atoms. The Balaban J connectivity index is 2.43. The predicted molar refractivity (Wildman–Crippen MR) is 78.3 cm³/mol. The molecule has 2 aromatic rings. The van der Waals surface area contributed by atoms with Gasteiger partial charge in [-0.2, -0.15) is 0 Å². The van der Waals surface area contributed by atoms with E-state index >= 15 is 0 Å². The highest BCUT2D eigenvalue weighted by molar-refractivity contribution is 6.31. The largest absolute Gasteiger partial charge is 0.496 e. The van der Waals surface area contributed by atoms with Crippen LogP contribution in [0.1, 0.15) is 22.7 Å². The summed E-state index contributed by atoms with van der Waals surface area (Å²) in [6, 6.07) is 13.5. The summed E-state index contributed by atoms with van der Waals surface area (Å²) in [5.74, 6) is 6.55. The van der Waals surface area contributed by atoms with Gasteiger partial charge in [0.05, 0.1) is 13.2 Å². The Hall–Kier alpha value is -1.55. The summed E-state index contributed by atoms with van der Waals surface area (Å²) >= 11 is 6.23. The van der Waals surface area contributed by atoms with Crippen LogP contribution in [0.3, 0.4) is 0 Å². The maximum atomic E-state index is 6.23. The van der Waals surface area contributed by atoms with E-state index in [1.54, 1.807) is 7.11 Å². The average Bonchev–Trinajstić information content (AvgIpc) is 2.42. The van der Waals surface area contributed by atoms with Crippen molar-refractivity contribution in [2.24, 2.45) is 5.84 Å². The first-order valence-electron chi connectivity index (χ1n) is 6.02. The molecule has 0 aliphatic rings. The lowest BCUT2D eigenvalue weighted by Gasteiger charge is -2.19. The Bertz CT molecular complexity index is 572. The molecule has 2 aromatic carbocycles. The normalized spacial score (nSPS) is 12.2. The Morgan fingerprint density at radius 2 is 1.95 bits per heavy atom. The molecule has 0 amide bonds. The lowest BCUT2D eigenvalue weighted by atomic mass is 9.97. The van der Waals surface area contributed by atoms with Crippen molar-refractivity contribution in [1.82, 2.24) is 5.43 Å². The molecule has 2 rings (SSSR count). The molecule has 0 saturated carbocycles. The summed E-state index contributed by atoms with van der Waals surface area (Å²) in [4.78, 5) is 0. The Kier molecular flexibility index (Phi) is 4.43. The van der Waals surface area contributed by atoms with Crippen LogP contribution < -0.4 is 16.0 Å². The minimum absolute atomic E-state index is 0.140. The third-order valence-electron chi connectivity index (χ3n) is 3.14. The fraction of sp³-hybridized carbons (Fsp3) is 0.200. The highest BCUT2D eigenvalue weighted by atomic mass is 35.5. The van der Waals surface area contributed by atoms with Gasteiger partial charge in [-0.3, -0.25) is 5.84 Å². The third kappa shape index (κ3) is 2.89. The summed E-state index contributed by atoms with van der Waals surface area (Å²) in [5.41, 5.74) is 5.88. The molecular formula is C15H17ClN2O. The molecule has 0 bridgehead atoms. The number of ether oxygens (including phenoxy) is 1. The van der Waals surface area contributed by atoms with Gasteiger partial charge < -0.3 is 4.74 Å². The number of hydrogen-bond donors (Lipinski definition) is 2. The van der Waals surface area contributed by atoms with E-state index in [0.29, 0.717) is 5.02 Å². The van der Waals surface area contributed by atoms with E-state index in [-0.39, 0.29) is 6.04 Å². The first-order valence-corrected chi connectivity index (χ1v) is 6.40. The van der Waals surface area contributed by atoms with Crippen molar-refractivity contribution in [2.45, 2.75) is 13.0 Å². The molecule has 0 aliphatic heterocycles. The van der Waals surface area contributed by atoms with Crippen LogP contribution in [0, 0.1) is 6.92 Å². The summed E-state index contributed by atoms with van der Waals surface area (Å²) in [6.07, 6.45) is 0. The van der Waals surface area contributed by atoms with E-state index in [1.807, 2.05) is 49.4 Å². The fourth-order valence-electron chi connectivity index (χ4n) is 2.16. The summed E-state index contributed by atoms with van der Waals surface area (Å²) in [7, 11) is 1.66. The van der Waals surface area contributed by atoms with Crippen LogP contribution in [0.25, 0.3) is 0 Å². The van der Waals surface area contributed by atoms with Crippen molar-refractivity contribution >= 4 is 11.6 Å². The van der Waals surface area contributed by atoms with Crippen molar-refractivity contribution in [3.05, 3.63) is 64.2 Å². The molecule has 0 saturated heterocycles. The SMILES string of the molecule is COc1ccc(C(NN)c2ccccc2Cl)cc1C. The van der Waals surface area contributed by atoms with Gasteiger partial charge in [-0.05, 0) is 35.7 Å². The maximum Gasteiger partial charge on any atom is 0.121 e. The average molecular weight is 277 g/mol. The van der Waals surface area contributed by atoms with Gasteiger partial charge in [0.2, 0.25) is 0 Å². The smallest absolute Gasteiger partial charge is 0.121 e. The molecule has 0 fully saturated rings. The zero-order chi connectivity index (χ0) is 13.8. The molecule has 0 aromatic heterocycles. The van der Waals surface area contributed by atoms with Crippen LogP contribution in [0.2, 0.25) is 5.02 Å². The molecule has 3 N–H and O–H groups in total. The van der Waals surface area contributed by atoms with Gasteiger partial charge in [0, 0.05) is 5.02 Å². The zero-order valence-electron chi connectivity index (χ0n) is 11.0. The lowest BCUT2D eigenvalue weighted by Crippen LogP contribution is -2.29. The first-order chi connectivity index (χ1) is 9.17. The Morgan fingerprint density at radius 3 is 2.53 bits per heavy atom. The fourth-order valence-corrected chi connectivity index (χ4v) is 2.40. The Labute approximate surface area is 118 Å².